The summed E-state index contributed by atoms with van der Waals surface area (Å²) >= 11 is 2.16. The molecule has 2 heterocycles. The molecule has 2 aromatic rings. The van der Waals surface area contributed by atoms with Gasteiger partial charge in [-0.2, -0.15) is 0 Å². The fraction of sp³-hybridized carbons (Fsp3) is 0.455. The van der Waals surface area contributed by atoms with Gasteiger partial charge in [-0.05, 0) is 22.6 Å². The molecule has 0 aliphatic rings. The first-order valence-corrected chi connectivity index (χ1v) is 6.20. The van der Waals surface area contributed by atoms with Crippen LogP contribution in [0.1, 0.15) is 38.6 Å². The second kappa shape index (κ2) is 4.15. The van der Waals surface area contributed by atoms with E-state index in [1.165, 1.54) is 12.4 Å². The topological polar surface area (TPSA) is 30.2 Å². The van der Waals surface area contributed by atoms with Crippen molar-refractivity contribution in [2.45, 2.75) is 32.6 Å². The van der Waals surface area contributed by atoms with Crippen molar-refractivity contribution in [3.05, 3.63) is 27.5 Å². The summed E-state index contributed by atoms with van der Waals surface area (Å²) in [5.74, 6) is 0. The van der Waals surface area contributed by atoms with E-state index in [1.807, 2.05) is 20.8 Å². The highest BCUT2D eigenvalue weighted by Gasteiger charge is 2.23. The summed E-state index contributed by atoms with van der Waals surface area (Å²) in [7, 11) is 0. The highest BCUT2D eigenvalue weighted by molar-refractivity contribution is 14.1. The lowest BCUT2D eigenvalue weighted by atomic mass is 9.93. The molecule has 0 atom stereocenters. The van der Waals surface area contributed by atoms with E-state index >= 15 is 0 Å². The minimum atomic E-state index is -2.56. The monoisotopic (exact) mass is 351 g/mol. The first-order valence-electron chi connectivity index (χ1n) is 5.13. The quantitative estimate of drug-likeness (QED) is 0.736. The van der Waals surface area contributed by atoms with Crippen molar-refractivity contribution in [2.75, 3.05) is 0 Å². The molecule has 3 nitrogen and oxygen atoms in total. The van der Waals surface area contributed by atoms with Crippen LogP contribution in [0.4, 0.5) is 8.78 Å². The van der Waals surface area contributed by atoms with E-state index in [4.69, 9.17) is 0 Å². The van der Waals surface area contributed by atoms with Gasteiger partial charge in [0.2, 0.25) is 0 Å². The number of alkyl halides is 2. The van der Waals surface area contributed by atoms with E-state index in [1.54, 1.807) is 4.40 Å². The Hall–Kier alpha value is -0.790. The van der Waals surface area contributed by atoms with Crippen molar-refractivity contribution in [2.24, 2.45) is 0 Å². The van der Waals surface area contributed by atoms with Crippen molar-refractivity contribution in [1.82, 2.24) is 14.4 Å². The molecule has 0 saturated heterocycles. The number of imidazole rings is 1. The van der Waals surface area contributed by atoms with E-state index in [9.17, 15) is 8.78 Å². The van der Waals surface area contributed by atoms with Crippen LogP contribution in [0, 0.1) is 3.70 Å². The zero-order valence-electron chi connectivity index (χ0n) is 9.71. The predicted octanol–water partition coefficient (Wildman–Crippen LogP) is 3.57. The average Bonchev–Trinajstić information content (AvgIpc) is 2.55. The van der Waals surface area contributed by atoms with Crippen LogP contribution in [0.5, 0.6) is 0 Å². The van der Waals surface area contributed by atoms with Crippen molar-refractivity contribution in [1.29, 1.82) is 0 Å². The molecule has 0 spiro atoms. The average molecular weight is 351 g/mol. The Morgan fingerprint density at radius 3 is 2.53 bits per heavy atom. The first kappa shape index (κ1) is 12.7. The standard InChI is InChI=1S/C11H12F2IN3/c1-11(2,3)8-10(14)17-5-15-6(9(12)13)4-7(17)16-8/h4-5,9H,1-3H3. The largest absolute Gasteiger partial charge is 0.280 e. The molecule has 0 bridgehead atoms. The van der Waals surface area contributed by atoms with E-state index in [2.05, 4.69) is 32.6 Å². The van der Waals surface area contributed by atoms with Crippen LogP contribution in [0.2, 0.25) is 0 Å². The molecule has 92 valence electrons. The Bertz CT molecular complexity index is 558. The van der Waals surface area contributed by atoms with Gasteiger partial charge in [-0.1, -0.05) is 20.8 Å². The molecule has 0 aliphatic carbocycles. The third-order valence-corrected chi connectivity index (χ3v) is 3.44. The maximum absolute atomic E-state index is 12.5. The molecular weight excluding hydrogens is 339 g/mol. The fourth-order valence-corrected chi connectivity index (χ4v) is 2.83. The van der Waals surface area contributed by atoms with E-state index in [0.717, 1.165) is 9.39 Å². The zero-order valence-corrected chi connectivity index (χ0v) is 11.9. The van der Waals surface area contributed by atoms with Gasteiger partial charge in [0.25, 0.3) is 6.43 Å². The van der Waals surface area contributed by atoms with Gasteiger partial charge >= 0.3 is 0 Å². The summed E-state index contributed by atoms with van der Waals surface area (Å²) in [6.45, 7) is 6.12. The third-order valence-electron chi connectivity index (χ3n) is 2.41. The van der Waals surface area contributed by atoms with Crippen LogP contribution in [0.3, 0.4) is 0 Å². The molecule has 0 saturated carbocycles. The number of fused-ring (bicyclic) bond motifs is 1. The number of hydrogen-bond donors (Lipinski definition) is 0. The minimum absolute atomic E-state index is 0.118. The van der Waals surface area contributed by atoms with Crippen molar-refractivity contribution < 1.29 is 8.78 Å². The summed E-state index contributed by atoms with van der Waals surface area (Å²) < 4.78 is 27.7. The normalized spacial score (nSPS) is 12.6. The second-order valence-corrected chi connectivity index (χ2v) is 5.87. The Kier molecular flexibility index (Phi) is 3.09. The van der Waals surface area contributed by atoms with Crippen LogP contribution in [0.25, 0.3) is 5.65 Å². The fourth-order valence-electron chi connectivity index (χ4n) is 1.53. The lowest BCUT2D eigenvalue weighted by molar-refractivity contribution is 0.146. The van der Waals surface area contributed by atoms with Gasteiger partial charge in [0.15, 0.2) is 0 Å². The van der Waals surface area contributed by atoms with Gasteiger partial charge in [0.1, 0.15) is 21.4 Å². The van der Waals surface area contributed by atoms with Gasteiger partial charge in [-0.3, -0.25) is 4.40 Å². The minimum Gasteiger partial charge on any atom is -0.278 e. The maximum atomic E-state index is 12.5. The number of nitrogens with zero attached hydrogens (tertiary/aromatic N) is 3. The Labute approximate surface area is 111 Å². The summed E-state index contributed by atoms with van der Waals surface area (Å²) in [4.78, 5) is 8.14. The van der Waals surface area contributed by atoms with E-state index in [0.29, 0.717) is 5.65 Å². The number of rotatable bonds is 1. The van der Waals surface area contributed by atoms with Gasteiger partial charge in [0.05, 0.1) is 5.69 Å². The molecule has 0 aromatic carbocycles. The molecule has 0 unspecified atom stereocenters. The maximum Gasteiger partial charge on any atom is 0.280 e. The molecule has 0 radical (unpaired) electrons. The van der Waals surface area contributed by atoms with Crippen molar-refractivity contribution in [3.8, 4) is 0 Å². The van der Waals surface area contributed by atoms with Gasteiger partial charge in [-0.25, -0.2) is 18.7 Å². The van der Waals surface area contributed by atoms with Crippen LogP contribution < -0.4 is 0 Å². The van der Waals surface area contributed by atoms with Gasteiger partial charge in [0, 0.05) is 11.5 Å². The first-order chi connectivity index (χ1) is 7.80. The summed E-state index contributed by atoms with van der Waals surface area (Å²) in [6.07, 6.45) is -1.16. The lowest BCUT2D eigenvalue weighted by Gasteiger charge is -2.15. The highest BCUT2D eigenvalue weighted by atomic mass is 127. The molecule has 0 N–H and O–H groups in total. The van der Waals surface area contributed by atoms with Crippen LogP contribution >= 0.6 is 22.6 Å². The second-order valence-electron chi connectivity index (χ2n) is 4.84. The molecule has 6 heteroatoms. The predicted molar refractivity (Wildman–Crippen MR) is 69.4 cm³/mol. The SMILES string of the molecule is CC(C)(C)c1nc2cc(C(F)F)ncn2c1I. The Morgan fingerprint density at radius 2 is 2.00 bits per heavy atom. The van der Waals surface area contributed by atoms with Crippen molar-refractivity contribution >= 4 is 28.2 Å². The third kappa shape index (κ3) is 2.27. The summed E-state index contributed by atoms with van der Waals surface area (Å²) in [5, 5.41) is 0. The smallest absolute Gasteiger partial charge is 0.278 e. The molecule has 2 aromatic heterocycles. The van der Waals surface area contributed by atoms with E-state index in [-0.39, 0.29) is 11.1 Å². The molecule has 0 amide bonds. The number of hydrogen-bond acceptors (Lipinski definition) is 2. The Balaban J connectivity index is 2.66. The zero-order chi connectivity index (χ0) is 12.8. The molecule has 17 heavy (non-hydrogen) atoms. The van der Waals surface area contributed by atoms with Crippen LogP contribution in [-0.2, 0) is 5.41 Å². The van der Waals surface area contributed by atoms with E-state index < -0.39 is 6.43 Å². The van der Waals surface area contributed by atoms with Crippen molar-refractivity contribution in [3.63, 3.8) is 0 Å². The highest BCUT2D eigenvalue weighted by Crippen LogP contribution is 2.28. The lowest BCUT2D eigenvalue weighted by Crippen LogP contribution is -2.13. The number of halogens is 3. The summed E-state index contributed by atoms with van der Waals surface area (Å²) in [5.41, 5.74) is 1.06. The molecule has 0 fully saturated rings. The molecule has 2 rings (SSSR count). The molecule has 0 aliphatic heterocycles. The number of aromatic nitrogens is 3. The molecular formula is C11H12F2IN3. The van der Waals surface area contributed by atoms with Gasteiger partial charge < -0.3 is 0 Å². The Morgan fingerprint density at radius 1 is 1.35 bits per heavy atom. The van der Waals surface area contributed by atoms with Crippen LogP contribution in [0.15, 0.2) is 12.4 Å². The van der Waals surface area contributed by atoms with Gasteiger partial charge in [-0.15, -0.1) is 0 Å². The van der Waals surface area contributed by atoms with Crippen LogP contribution in [-0.4, -0.2) is 14.4 Å². The summed E-state index contributed by atoms with van der Waals surface area (Å²) in [6, 6.07) is 1.34.